The Morgan fingerprint density at radius 1 is 1.43 bits per heavy atom. The number of phosphoric ester groups is 1. The summed E-state index contributed by atoms with van der Waals surface area (Å²) < 4.78 is 15.5. The lowest BCUT2D eigenvalue weighted by molar-refractivity contribution is -0.147. The Hall–Kier alpha value is -0.790. The number of hydrogen-bond donors (Lipinski definition) is 3. The molecule has 1 aromatic rings. The minimum Gasteiger partial charge on any atom is -0.385 e. The highest BCUT2D eigenvalue weighted by Crippen LogP contribution is 2.44. The van der Waals surface area contributed by atoms with Crippen molar-refractivity contribution in [3.05, 3.63) is 34.9 Å². The number of nitrogens with zero attached hydrogens (tertiary/aromatic N) is 1. The van der Waals surface area contributed by atoms with E-state index < -0.39 is 32.0 Å². The van der Waals surface area contributed by atoms with Crippen molar-refractivity contribution in [1.29, 1.82) is 0 Å². The molecule has 0 amide bonds. The van der Waals surface area contributed by atoms with Crippen molar-refractivity contribution < 1.29 is 28.8 Å². The van der Waals surface area contributed by atoms with Gasteiger partial charge < -0.3 is 14.9 Å². The van der Waals surface area contributed by atoms with E-state index in [-0.39, 0.29) is 0 Å². The molecule has 7 nitrogen and oxygen atoms in total. The van der Waals surface area contributed by atoms with Crippen LogP contribution in [-0.4, -0.2) is 45.5 Å². The van der Waals surface area contributed by atoms with Crippen LogP contribution in [-0.2, 0) is 19.4 Å². The number of carbonyl (C=O) groups excluding carboxylic acids is 1. The van der Waals surface area contributed by atoms with E-state index >= 15 is 0 Å². The maximum atomic E-state index is 12.8. The molecular weight excluding hydrogens is 345 g/mol. The number of rotatable bonds is 5. The number of aliphatic hydroxyl groups excluding tert-OH is 1. The Balaban J connectivity index is 2.46. The zero-order chi connectivity index (χ0) is 17.3. The van der Waals surface area contributed by atoms with Crippen molar-refractivity contribution in [2.45, 2.75) is 30.9 Å². The first-order valence-electron chi connectivity index (χ1n) is 7.07. The first-order chi connectivity index (χ1) is 10.7. The molecule has 0 spiro atoms. The van der Waals surface area contributed by atoms with Crippen molar-refractivity contribution in [3.8, 4) is 0 Å². The van der Waals surface area contributed by atoms with Crippen LogP contribution < -0.4 is 0 Å². The van der Waals surface area contributed by atoms with Crippen LogP contribution in [0.25, 0.3) is 0 Å². The molecule has 128 valence electrons. The molecule has 0 aromatic heterocycles. The third-order valence-electron chi connectivity index (χ3n) is 4.12. The minimum absolute atomic E-state index is 0.345. The van der Waals surface area contributed by atoms with Crippen molar-refractivity contribution in [3.63, 3.8) is 0 Å². The average molecular weight is 364 g/mol. The summed E-state index contributed by atoms with van der Waals surface area (Å²) in [6, 6.07) is 6.74. The van der Waals surface area contributed by atoms with Crippen LogP contribution in [0.3, 0.4) is 0 Å². The molecule has 9 heteroatoms. The molecule has 0 radical (unpaired) electrons. The normalized spacial score (nSPS) is 25.8. The van der Waals surface area contributed by atoms with Gasteiger partial charge >= 0.3 is 7.82 Å². The molecule has 1 saturated carbocycles. The van der Waals surface area contributed by atoms with Crippen LogP contribution in [0.4, 0.5) is 0 Å². The van der Waals surface area contributed by atoms with Gasteiger partial charge in [-0.25, -0.2) is 4.57 Å². The molecule has 0 aliphatic heterocycles. The van der Waals surface area contributed by atoms with Gasteiger partial charge in [0.05, 0.1) is 0 Å². The number of benzene rings is 1. The fourth-order valence-corrected chi connectivity index (χ4v) is 3.62. The number of halogens is 1. The molecule has 1 aliphatic rings. The van der Waals surface area contributed by atoms with Crippen molar-refractivity contribution in [2.75, 3.05) is 13.8 Å². The fraction of sp³-hybridized carbons (Fsp3) is 0.500. The van der Waals surface area contributed by atoms with E-state index in [1.54, 1.807) is 24.3 Å². The van der Waals surface area contributed by atoms with Crippen molar-refractivity contribution in [2.24, 2.45) is 0 Å². The van der Waals surface area contributed by atoms with Gasteiger partial charge in [-0.05, 0) is 37.9 Å². The number of carbonyl (C=O) groups is 1. The summed E-state index contributed by atoms with van der Waals surface area (Å²) in [6.45, 7) is -0.478. The third kappa shape index (κ3) is 3.83. The molecule has 0 saturated heterocycles. The summed E-state index contributed by atoms with van der Waals surface area (Å²) >= 11 is 6.24. The second-order valence-corrected chi connectivity index (χ2v) is 7.21. The van der Waals surface area contributed by atoms with Crippen molar-refractivity contribution in [1.82, 2.24) is 4.90 Å². The number of likely N-dealkylation sites (N-methyl/N-ethyl adjacent to an activating group) is 1. The molecule has 3 N–H and O–H groups in total. The van der Waals surface area contributed by atoms with Crippen molar-refractivity contribution >= 4 is 25.2 Å². The van der Waals surface area contributed by atoms with Gasteiger partial charge in [0.15, 0.2) is 5.78 Å². The molecule has 23 heavy (non-hydrogen) atoms. The Labute approximate surface area is 139 Å². The third-order valence-corrected chi connectivity index (χ3v) is 4.90. The number of aliphatic hydroxyl groups is 1. The lowest BCUT2D eigenvalue weighted by atomic mass is 9.73. The minimum atomic E-state index is -4.69. The van der Waals surface area contributed by atoms with Crippen LogP contribution in [0.1, 0.15) is 24.8 Å². The van der Waals surface area contributed by atoms with E-state index in [0.717, 1.165) is 0 Å². The van der Waals surface area contributed by atoms with Gasteiger partial charge in [-0.3, -0.25) is 14.2 Å². The molecule has 0 heterocycles. The largest absolute Gasteiger partial charge is 0.470 e. The Bertz CT molecular complexity index is 635. The maximum absolute atomic E-state index is 12.8. The molecule has 1 aromatic carbocycles. The highest BCUT2D eigenvalue weighted by molar-refractivity contribution is 7.46. The van der Waals surface area contributed by atoms with Crippen LogP contribution in [0.5, 0.6) is 0 Å². The molecular formula is C14H19ClNO6P. The predicted octanol–water partition coefficient (Wildman–Crippen LogP) is 1.65. The summed E-state index contributed by atoms with van der Waals surface area (Å²) in [5, 5.41) is 10.4. The van der Waals surface area contributed by atoms with Crippen LogP contribution >= 0.6 is 19.4 Å². The summed E-state index contributed by atoms with van der Waals surface area (Å²) in [7, 11) is -3.18. The maximum Gasteiger partial charge on any atom is 0.470 e. The van der Waals surface area contributed by atoms with E-state index in [1.165, 1.54) is 11.9 Å². The SMILES string of the molecule is CN(COP(=O)(O)O)[C@]1(c2ccccc2Cl)CCC[C@H](O)C1=O. The summed E-state index contributed by atoms with van der Waals surface area (Å²) in [4.78, 5) is 31.9. The second-order valence-electron chi connectivity index (χ2n) is 5.56. The molecule has 2 atom stereocenters. The van der Waals surface area contributed by atoms with Gasteiger partial charge in [-0.2, -0.15) is 0 Å². The first-order valence-corrected chi connectivity index (χ1v) is 8.98. The zero-order valence-electron chi connectivity index (χ0n) is 12.6. The van der Waals surface area contributed by atoms with Gasteiger partial charge in [-0.15, -0.1) is 0 Å². The van der Waals surface area contributed by atoms with E-state index in [9.17, 15) is 14.5 Å². The van der Waals surface area contributed by atoms with Crippen LogP contribution in [0, 0.1) is 0 Å². The average Bonchev–Trinajstić information content (AvgIpc) is 2.48. The molecule has 1 aliphatic carbocycles. The molecule has 1 fully saturated rings. The lowest BCUT2D eigenvalue weighted by Gasteiger charge is -2.44. The number of Topliss-reactive ketones (excluding diaryl/α,β-unsaturated/α-hetero) is 1. The van der Waals surface area contributed by atoms with Gasteiger partial charge in [0, 0.05) is 5.02 Å². The number of phosphoric acid groups is 1. The highest BCUT2D eigenvalue weighted by Gasteiger charge is 2.49. The van der Waals surface area contributed by atoms with Gasteiger partial charge in [0.25, 0.3) is 0 Å². The first kappa shape index (κ1) is 18.5. The predicted molar refractivity (Wildman–Crippen MR) is 83.8 cm³/mol. The molecule has 0 bridgehead atoms. The Kier molecular flexibility index (Phi) is 5.63. The van der Waals surface area contributed by atoms with Gasteiger partial charge in [0.1, 0.15) is 18.4 Å². The summed E-state index contributed by atoms with van der Waals surface area (Å²) in [5.74, 6) is -0.450. The van der Waals surface area contributed by atoms with E-state index in [1.807, 2.05) is 0 Å². The summed E-state index contributed by atoms with van der Waals surface area (Å²) in [5.41, 5.74) is -0.798. The van der Waals surface area contributed by atoms with Crippen LogP contribution in [0.15, 0.2) is 24.3 Å². The number of ketones is 1. The molecule has 2 rings (SSSR count). The summed E-state index contributed by atoms with van der Waals surface area (Å²) in [6.07, 6.45) is 0.127. The fourth-order valence-electron chi connectivity index (χ4n) is 3.00. The van der Waals surface area contributed by atoms with Gasteiger partial charge in [0.2, 0.25) is 0 Å². The zero-order valence-corrected chi connectivity index (χ0v) is 14.2. The Morgan fingerprint density at radius 3 is 2.70 bits per heavy atom. The quantitative estimate of drug-likeness (QED) is 0.539. The van der Waals surface area contributed by atoms with E-state index in [0.29, 0.717) is 29.8 Å². The van der Waals surface area contributed by atoms with Crippen LogP contribution in [0.2, 0.25) is 5.02 Å². The smallest absolute Gasteiger partial charge is 0.385 e. The van der Waals surface area contributed by atoms with Gasteiger partial charge in [-0.1, -0.05) is 29.8 Å². The second kappa shape index (κ2) is 6.99. The standard InChI is InChI=1S/C14H19ClNO6P/c1-16(9-22-23(19,20)21)14(8-4-7-12(17)13(14)18)10-5-2-3-6-11(10)15/h2-3,5-6,12,17H,4,7-9H2,1H3,(H2,19,20,21)/t12-,14-/m0/s1. The van der Waals surface area contributed by atoms with E-state index in [4.69, 9.17) is 21.4 Å². The topological polar surface area (TPSA) is 107 Å². The number of hydrogen-bond acceptors (Lipinski definition) is 5. The lowest BCUT2D eigenvalue weighted by Crippen LogP contribution is -2.56. The highest BCUT2D eigenvalue weighted by atomic mass is 35.5. The monoisotopic (exact) mass is 363 g/mol. The van der Waals surface area contributed by atoms with E-state index in [2.05, 4.69) is 4.52 Å². The Morgan fingerprint density at radius 2 is 2.09 bits per heavy atom. The molecule has 0 unspecified atom stereocenters.